The lowest BCUT2D eigenvalue weighted by atomic mass is 10.1. The minimum atomic E-state index is -0.446. The third-order valence-electron chi connectivity index (χ3n) is 2.57. The van der Waals surface area contributed by atoms with Crippen molar-refractivity contribution in [3.8, 4) is 0 Å². The number of hydrogen-bond donors (Lipinski definition) is 1. The molecule has 17 heavy (non-hydrogen) atoms. The average molecular weight is 258 g/mol. The lowest BCUT2D eigenvalue weighted by Crippen LogP contribution is -2.29. The van der Waals surface area contributed by atoms with Crippen LogP contribution >= 0.6 is 11.6 Å². The van der Waals surface area contributed by atoms with Crippen molar-refractivity contribution in [2.24, 2.45) is 0 Å². The van der Waals surface area contributed by atoms with E-state index in [1.807, 2.05) is 26.0 Å². The maximum absolute atomic E-state index is 10.6. The van der Waals surface area contributed by atoms with Gasteiger partial charge in [-0.3, -0.25) is 10.1 Å². The first kappa shape index (κ1) is 13.9. The first-order chi connectivity index (χ1) is 7.97. The highest BCUT2D eigenvalue weighted by atomic mass is 35.5. The molecule has 5 nitrogen and oxygen atoms in total. The Hall–Kier alpha value is -1.17. The van der Waals surface area contributed by atoms with Crippen molar-refractivity contribution in [1.29, 1.82) is 0 Å². The summed E-state index contributed by atoms with van der Waals surface area (Å²) >= 11 is 6.09. The highest BCUT2D eigenvalue weighted by molar-refractivity contribution is 6.31. The van der Waals surface area contributed by atoms with Gasteiger partial charge in [0.25, 0.3) is 5.69 Å². The smallest absolute Gasteiger partial charge is 0.270 e. The summed E-state index contributed by atoms with van der Waals surface area (Å²) in [6, 6.07) is 4.67. The predicted molar refractivity (Wildman–Crippen MR) is 68.5 cm³/mol. The third kappa shape index (κ3) is 3.39. The van der Waals surface area contributed by atoms with Gasteiger partial charge in [-0.05, 0) is 32.8 Å². The number of nitrogens with zero attached hydrogens (tertiary/aromatic N) is 2. The second-order valence-corrected chi connectivity index (χ2v) is 4.41. The Morgan fingerprint density at radius 1 is 1.53 bits per heavy atom. The van der Waals surface area contributed by atoms with Crippen LogP contribution in [0.5, 0.6) is 0 Å². The summed E-state index contributed by atoms with van der Waals surface area (Å²) < 4.78 is 0. The molecular weight excluding hydrogens is 242 g/mol. The first-order valence-corrected chi connectivity index (χ1v) is 5.60. The quantitative estimate of drug-likeness (QED) is 0.648. The third-order valence-corrected chi connectivity index (χ3v) is 2.90. The fraction of sp³-hybridized carbons (Fsp3) is 0.455. The maximum Gasteiger partial charge on any atom is 0.270 e. The van der Waals surface area contributed by atoms with Gasteiger partial charge in [-0.15, -0.1) is 0 Å². The van der Waals surface area contributed by atoms with Crippen LogP contribution in [0.15, 0.2) is 18.2 Å². The maximum atomic E-state index is 10.6. The molecule has 0 bridgehead atoms. The summed E-state index contributed by atoms with van der Waals surface area (Å²) in [4.78, 5) is 12.2. The lowest BCUT2D eigenvalue weighted by molar-refractivity contribution is -0.384. The Labute approximate surface area is 106 Å². The van der Waals surface area contributed by atoms with E-state index in [1.165, 1.54) is 12.1 Å². The molecule has 0 aliphatic heterocycles. The van der Waals surface area contributed by atoms with E-state index in [0.717, 1.165) is 12.1 Å². The SMILES string of the molecule is CNCC(c1ccc([N+](=O)[O-])cc1Cl)N(C)C. The molecule has 0 spiro atoms. The Bertz CT molecular complexity index is 410. The van der Waals surface area contributed by atoms with Crippen LogP contribution in [0.3, 0.4) is 0 Å². The molecule has 0 heterocycles. The van der Waals surface area contributed by atoms with E-state index in [1.54, 1.807) is 6.07 Å². The molecule has 0 radical (unpaired) electrons. The predicted octanol–water partition coefficient (Wildman–Crippen LogP) is 2.07. The highest BCUT2D eigenvalue weighted by Crippen LogP contribution is 2.29. The van der Waals surface area contributed by atoms with Crippen molar-refractivity contribution in [3.05, 3.63) is 38.9 Å². The molecule has 0 amide bonds. The second-order valence-electron chi connectivity index (χ2n) is 4.00. The molecule has 94 valence electrons. The normalized spacial score (nSPS) is 12.8. The number of likely N-dealkylation sites (N-methyl/N-ethyl adjacent to an activating group) is 2. The van der Waals surface area contributed by atoms with Crippen LogP contribution in [-0.2, 0) is 0 Å². The van der Waals surface area contributed by atoms with E-state index in [9.17, 15) is 10.1 Å². The molecule has 0 saturated heterocycles. The standard InChI is InChI=1S/C11H16ClN3O2/c1-13-7-11(14(2)3)9-5-4-8(15(16)17)6-10(9)12/h4-6,11,13H,7H2,1-3H3. The van der Waals surface area contributed by atoms with Gasteiger partial charge in [0, 0.05) is 24.7 Å². The summed E-state index contributed by atoms with van der Waals surface area (Å²) in [5, 5.41) is 14.1. The van der Waals surface area contributed by atoms with Crippen molar-refractivity contribution in [2.75, 3.05) is 27.7 Å². The molecule has 0 aliphatic rings. The number of halogens is 1. The second kappa shape index (κ2) is 5.95. The Balaban J connectivity index is 3.08. The summed E-state index contributed by atoms with van der Waals surface area (Å²) in [5.41, 5.74) is 0.900. The van der Waals surface area contributed by atoms with Crippen LogP contribution in [0, 0.1) is 10.1 Å². The van der Waals surface area contributed by atoms with Gasteiger partial charge in [0.15, 0.2) is 0 Å². The monoisotopic (exact) mass is 257 g/mol. The molecule has 6 heteroatoms. The number of rotatable bonds is 5. The van der Waals surface area contributed by atoms with Gasteiger partial charge < -0.3 is 10.2 Å². The van der Waals surface area contributed by atoms with Gasteiger partial charge in [-0.2, -0.15) is 0 Å². The molecule has 1 aromatic carbocycles. The summed E-state index contributed by atoms with van der Waals surface area (Å²) in [6.45, 7) is 0.727. The van der Waals surface area contributed by atoms with Crippen molar-refractivity contribution in [3.63, 3.8) is 0 Å². The number of nitro benzene ring substituents is 1. The minimum absolute atomic E-state index is 0.0145. The van der Waals surface area contributed by atoms with E-state index >= 15 is 0 Å². The zero-order valence-corrected chi connectivity index (χ0v) is 10.9. The lowest BCUT2D eigenvalue weighted by Gasteiger charge is -2.25. The summed E-state index contributed by atoms with van der Waals surface area (Å²) in [7, 11) is 5.75. The Morgan fingerprint density at radius 3 is 2.59 bits per heavy atom. The van der Waals surface area contributed by atoms with Crippen LogP contribution < -0.4 is 5.32 Å². The number of benzene rings is 1. The molecule has 1 aromatic rings. The molecule has 0 saturated carbocycles. The first-order valence-electron chi connectivity index (χ1n) is 5.22. The fourth-order valence-electron chi connectivity index (χ4n) is 1.66. The van der Waals surface area contributed by atoms with E-state index in [0.29, 0.717) is 5.02 Å². The van der Waals surface area contributed by atoms with E-state index in [2.05, 4.69) is 5.32 Å². The molecular formula is C11H16ClN3O2. The number of nitro groups is 1. The molecule has 0 fully saturated rings. The highest BCUT2D eigenvalue weighted by Gasteiger charge is 2.18. The number of nitrogens with one attached hydrogen (secondary N) is 1. The average Bonchev–Trinajstić information content (AvgIpc) is 2.26. The molecule has 0 aliphatic carbocycles. The van der Waals surface area contributed by atoms with E-state index in [4.69, 9.17) is 11.6 Å². The van der Waals surface area contributed by atoms with Gasteiger partial charge in [-0.25, -0.2) is 0 Å². The Morgan fingerprint density at radius 2 is 2.18 bits per heavy atom. The number of non-ortho nitro benzene ring substituents is 1. The molecule has 1 unspecified atom stereocenters. The van der Waals surface area contributed by atoms with Crippen LogP contribution in [0.4, 0.5) is 5.69 Å². The molecule has 1 atom stereocenters. The van der Waals surface area contributed by atoms with E-state index < -0.39 is 4.92 Å². The molecule has 1 rings (SSSR count). The number of hydrogen-bond acceptors (Lipinski definition) is 4. The van der Waals surface area contributed by atoms with Gasteiger partial charge in [-0.1, -0.05) is 11.6 Å². The van der Waals surface area contributed by atoms with Gasteiger partial charge in [0.05, 0.1) is 9.95 Å². The van der Waals surface area contributed by atoms with Gasteiger partial charge in [0.1, 0.15) is 0 Å². The van der Waals surface area contributed by atoms with Crippen molar-refractivity contribution in [2.45, 2.75) is 6.04 Å². The Kier molecular flexibility index (Phi) is 4.86. The van der Waals surface area contributed by atoms with Crippen LogP contribution in [0.1, 0.15) is 11.6 Å². The van der Waals surface area contributed by atoms with Gasteiger partial charge >= 0.3 is 0 Å². The van der Waals surface area contributed by atoms with Crippen LogP contribution in [0.25, 0.3) is 0 Å². The zero-order chi connectivity index (χ0) is 13.0. The summed E-state index contributed by atoms with van der Waals surface area (Å²) in [5.74, 6) is 0. The topological polar surface area (TPSA) is 58.4 Å². The van der Waals surface area contributed by atoms with Crippen molar-refractivity contribution >= 4 is 17.3 Å². The zero-order valence-electron chi connectivity index (χ0n) is 10.1. The fourth-order valence-corrected chi connectivity index (χ4v) is 1.96. The van der Waals surface area contributed by atoms with Crippen molar-refractivity contribution < 1.29 is 4.92 Å². The van der Waals surface area contributed by atoms with Crippen molar-refractivity contribution in [1.82, 2.24) is 10.2 Å². The van der Waals surface area contributed by atoms with Crippen LogP contribution in [-0.4, -0.2) is 37.5 Å². The summed E-state index contributed by atoms with van der Waals surface area (Å²) in [6.07, 6.45) is 0. The molecule has 1 N–H and O–H groups in total. The van der Waals surface area contributed by atoms with E-state index in [-0.39, 0.29) is 11.7 Å². The molecule has 0 aromatic heterocycles. The van der Waals surface area contributed by atoms with Crippen LogP contribution in [0.2, 0.25) is 5.02 Å². The minimum Gasteiger partial charge on any atom is -0.318 e. The van der Waals surface area contributed by atoms with Gasteiger partial charge in [0.2, 0.25) is 0 Å². The largest absolute Gasteiger partial charge is 0.318 e.